The number of unbranched alkanes of at least 4 members (excludes halogenated alkanes) is 4. The van der Waals surface area contributed by atoms with Crippen LogP contribution in [0.25, 0.3) is 0 Å². The van der Waals surface area contributed by atoms with E-state index in [0.29, 0.717) is 6.61 Å². The number of hydrogen-bond acceptors (Lipinski definition) is 2. The second kappa shape index (κ2) is 7.24. The first-order valence-corrected chi connectivity index (χ1v) is 9.90. The molecule has 2 aliphatic rings. The quantitative estimate of drug-likeness (QED) is 0.624. The number of carbonyl (C=O) groups excluding carboxylic acids is 1. The molecule has 3 nitrogen and oxygen atoms in total. The molecule has 1 amide bonds. The van der Waals surface area contributed by atoms with Gasteiger partial charge in [-0.15, -0.1) is 0 Å². The Balaban J connectivity index is 1.65. The first kappa shape index (κ1) is 17.3. The van der Waals surface area contributed by atoms with Gasteiger partial charge in [0.15, 0.2) is 5.72 Å². The van der Waals surface area contributed by atoms with E-state index >= 15 is 0 Å². The van der Waals surface area contributed by atoms with E-state index in [9.17, 15) is 4.79 Å². The third-order valence-corrected chi connectivity index (χ3v) is 5.78. The molecular weight excluding hydrogens is 322 g/mol. The number of rotatable bonds is 7. The summed E-state index contributed by atoms with van der Waals surface area (Å²) >= 11 is 0. The van der Waals surface area contributed by atoms with Crippen LogP contribution in [0, 0.1) is 0 Å². The molecule has 2 aliphatic heterocycles. The smallest absolute Gasteiger partial charge is 0.257 e. The molecule has 0 radical (unpaired) electrons. The van der Waals surface area contributed by atoms with Gasteiger partial charge >= 0.3 is 0 Å². The summed E-state index contributed by atoms with van der Waals surface area (Å²) in [6.45, 7) is 2.80. The minimum absolute atomic E-state index is 0.00765. The maximum absolute atomic E-state index is 13.2. The second-order valence-electron chi connectivity index (χ2n) is 7.41. The van der Waals surface area contributed by atoms with Crippen LogP contribution in [0.5, 0.6) is 0 Å². The predicted octanol–water partition coefficient (Wildman–Crippen LogP) is 5.43. The number of amides is 1. The molecular formula is C23H27NO2. The van der Waals surface area contributed by atoms with Gasteiger partial charge in [0.1, 0.15) is 0 Å². The molecule has 0 aromatic heterocycles. The Morgan fingerprint density at radius 3 is 2.54 bits per heavy atom. The van der Waals surface area contributed by atoms with Gasteiger partial charge in [-0.2, -0.15) is 0 Å². The molecule has 0 unspecified atom stereocenters. The average molecular weight is 349 g/mol. The van der Waals surface area contributed by atoms with E-state index in [1.807, 2.05) is 41.3 Å². The fraction of sp³-hybridized carbons (Fsp3) is 0.435. The van der Waals surface area contributed by atoms with Gasteiger partial charge in [0, 0.05) is 11.1 Å². The highest BCUT2D eigenvalue weighted by Gasteiger charge is 2.57. The first-order chi connectivity index (χ1) is 12.8. The van der Waals surface area contributed by atoms with Crippen molar-refractivity contribution in [1.29, 1.82) is 0 Å². The molecule has 0 bridgehead atoms. The number of carbonyl (C=O) groups is 1. The molecule has 2 aromatic rings. The van der Waals surface area contributed by atoms with E-state index in [1.54, 1.807) is 0 Å². The van der Waals surface area contributed by atoms with Crippen LogP contribution in [0.2, 0.25) is 0 Å². The minimum Gasteiger partial charge on any atom is -0.349 e. The largest absolute Gasteiger partial charge is 0.349 e. The molecule has 1 fully saturated rings. The molecule has 0 saturated carbocycles. The SMILES string of the molecule is CCCCCCC[C@]12OC[C@@H](c3ccccc3)N1C(=O)c1ccccc12. The van der Waals surface area contributed by atoms with Crippen LogP contribution in [-0.2, 0) is 10.5 Å². The summed E-state index contributed by atoms with van der Waals surface area (Å²) in [6.07, 6.45) is 6.93. The highest BCUT2D eigenvalue weighted by atomic mass is 16.5. The van der Waals surface area contributed by atoms with Crippen LogP contribution >= 0.6 is 0 Å². The topological polar surface area (TPSA) is 29.5 Å². The van der Waals surface area contributed by atoms with Gasteiger partial charge in [-0.3, -0.25) is 9.69 Å². The van der Waals surface area contributed by atoms with Crippen LogP contribution < -0.4 is 0 Å². The summed E-state index contributed by atoms with van der Waals surface area (Å²) in [5.41, 5.74) is 2.43. The van der Waals surface area contributed by atoms with Gasteiger partial charge < -0.3 is 4.74 Å². The average Bonchev–Trinajstić information content (AvgIpc) is 3.18. The first-order valence-electron chi connectivity index (χ1n) is 9.90. The maximum Gasteiger partial charge on any atom is 0.257 e. The number of benzene rings is 2. The molecule has 26 heavy (non-hydrogen) atoms. The molecule has 0 aliphatic carbocycles. The maximum atomic E-state index is 13.2. The van der Waals surface area contributed by atoms with E-state index in [2.05, 4.69) is 25.1 Å². The molecule has 2 heterocycles. The number of ether oxygens (including phenoxy) is 1. The van der Waals surface area contributed by atoms with E-state index in [1.165, 1.54) is 25.7 Å². The summed E-state index contributed by atoms with van der Waals surface area (Å²) < 4.78 is 6.44. The Kier molecular flexibility index (Phi) is 4.82. The Morgan fingerprint density at radius 2 is 1.73 bits per heavy atom. The van der Waals surface area contributed by atoms with Gasteiger partial charge in [0.05, 0.1) is 12.6 Å². The zero-order valence-corrected chi connectivity index (χ0v) is 15.5. The number of fused-ring (bicyclic) bond motifs is 3. The molecule has 0 spiro atoms. The third-order valence-electron chi connectivity index (χ3n) is 5.78. The molecule has 3 heteroatoms. The molecule has 1 saturated heterocycles. The Morgan fingerprint density at radius 1 is 1.00 bits per heavy atom. The Hall–Kier alpha value is -2.13. The van der Waals surface area contributed by atoms with Crippen molar-refractivity contribution in [3.8, 4) is 0 Å². The number of hydrogen-bond donors (Lipinski definition) is 0. The minimum atomic E-state index is -0.583. The fourth-order valence-corrected chi connectivity index (χ4v) is 4.48. The van der Waals surface area contributed by atoms with Crippen molar-refractivity contribution < 1.29 is 9.53 Å². The van der Waals surface area contributed by atoms with Gasteiger partial charge in [0.2, 0.25) is 0 Å². The second-order valence-corrected chi connectivity index (χ2v) is 7.41. The monoisotopic (exact) mass is 349 g/mol. The zero-order chi connectivity index (χ0) is 18.0. The standard InChI is InChI=1S/C23H27NO2/c1-2-3-4-5-11-16-23-20-15-10-9-14-19(20)22(25)24(23)21(17-26-23)18-12-7-6-8-13-18/h6-10,12-15,21H,2-5,11,16-17H2,1H3/t21-,23+/m0/s1. The lowest BCUT2D eigenvalue weighted by molar-refractivity contribution is -0.0751. The highest BCUT2D eigenvalue weighted by Crippen LogP contribution is 2.52. The lowest BCUT2D eigenvalue weighted by Crippen LogP contribution is -2.40. The summed E-state index contributed by atoms with van der Waals surface area (Å²) in [7, 11) is 0. The van der Waals surface area contributed by atoms with Crippen molar-refractivity contribution in [1.82, 2.24) is 4.90 Å². The zero-order valence-electron chi connectivity index (χ0n) is 15.5. The molecule has 136 valence electrons. The Bertz CT molecular complexity index is 773. The molecule has 0 N–H and O–H groups in total. The van der Waals surface area contributed by atoms with Crippen LogP contribution in [0.4, 0.5) is 0 Å². The molecule has 2 aromatic carbocycles. The summed E-state index contributed by atoms with van der Waals surface area (Å²) in [4.78, 5) is 15.3. The normalized spacial score (nSPS) is 24.0. The van der Waals surface area contributed by atoms with Gasteiger partial charge in [-0.05, 0) is 24.5 Å². The van der Waals surface area contributed by atoms with Crippen molar-refractivity contribution >= 4 is 5.91 Å². The van der Waals surface area contributed by atoms with Crippen LogP contribution in [0.3, 0.4) is 0 Å². The lowest BCUT2D eigenvalue weighted by Gasteiger charge is -2.34. The summed E-state index contributed by atoms with van der Waals surface area (Å²) in [5, 5.41) is 0. The van der Waals surface area contributed by atoms with Crippen molar-refractivity contribution in [2.45, 2.75) is 57.2 Å². The molecule has 4 rings (SSSR count). The van der Waals surface area contributed by atoms with Crippen LogP contribution in [0.15, 0.2) is 54.6 Å². The van der Waals surface area contributed by atoms with Crippen molar-refractivity contribution in [3.05, 3.63) is 71.3 Å². The van der Waals surface area contributed by atoms with E-state index in [-0.39, 0.29) is 11.9 Å². The predicted molar refractivity (Wildman–Crippen MR) is 103 cm³/mol. The van der Waals surface area contributed by atoms with Crippen LogP contribution in [-0.4, -0.2) is 17.4 Å². The fourth-order valence-electron chi connectivity index (χ4n) is 4.48. The van der Waals surface area contributed by atoms with E-state index < -0.39 is 5.72 Å². The number of nitrogens with zero attached hydrogens (tertiary/aromatic N) is 1. The highest BCUT2D eigenvalue weighted by molar-refractivity contribution is 6.00. The van der Waals surface area contributed by atoms with Crippen molar-refractivity contribution in [2.75, 3.05) is 6.61 Å². The van der Waals surface area contributed by atoms with E-state index in [0.717, 1.165) is 29.5 Å². The van der Waals surface area contributed by atoms with Gasteiger partial charge in [0.25, 0.3) is 5.91 Å². The summed E-state index contributed by atoms with van der Waals surface area (Å²) in [5.74, 6) is 0.112. The van der Waals surface area contributed by atoms with Crippen molar-refractivity contribution in [3.63, 3.8) is 0 Å². The van der Waals surface area contributed by atoms with Crippen LogP contribution in [0.1, 0.15) is 73.0 Å². The molecule has 2 atom stereocenters. The van der Waals surface area contributed by atoms with Crippen molar-refractivity contribution in [2.24, 2.45) is 0 Å². The van der Waals surface area contributed by atoms with E-state index in [4.69, 9.17) is 4.74 Å². The van der Waals surface area contributed by atoms with Gasteiger partial charge in [-0.1, -0.05) is 81.1 Å². The third kappa shape index (κ3) is 2.75. The lowest BCUT2D eigenvalue weighted by atomic mass is 9.95. The van der Waals surface area contributed by atoms with Gasteiger partial charge in [-0.25, -0.2) is 0 Å². The Labute approximate surface area is 156 Å². The summed E-state index contributed by atoms with van der Waals surface area (Å²) in [6, 6.07) is 18.3.